The minimum Gasteiger partial charge on any atom is -0.391 e. The van der Waals surface area contributed by atoms with Crippen LogP contribution in [-0.4, -0.2) is 85.5 Å². The molecule has 0 bridgehead atoms. The number of amides is 2. The summed E-state index contributed by atoms with van der Waals surface area (Å²) in [6.45, 7) is 6.95. The Balaban J connectivity index is 2.15. The molecule has 1 saturated carbocycles. The molecule has 2 rings (SSSR count). The maximum Gasteiger partial charge on any atom is 0.319 e. The number of fused-ring (bicyclic) bond motifs is 1. The van der Waals surface area contributed by atoms with Gasteiger partial charge < -0.3 is 35.6 Å². The summed E-state index contributed by atoms with van der Waals surface area (Å²) in [4.78, 5) is 14.0. The fourth-order valence-electron chi connectivity index (χ4n) is 4.74. The maximum absolute atomic E-state index is 12.7. The molecule has 9 nitrogen and oxygen atoms in total. The van der Waals surface area contributed by atoms with Crippen molar-refractivity contribution in [1.82, 2.24) is 10.2 Å². The van der Waals surface area contributed by atoms with Gasteiger partial charge in [-0.15, -0.1) is 0 Å². The first kappa shape index (κ1) is 24.3. The first-order valence-corrected chi connectivity index (χ1v) is 10.7. The summed E-state index contributed by atoms with van der Waals surface area (Å²) < 4.78 is 5.27. The van der Waals surface area contributed by atoms with E-state index in [-0.39, 0.29) is 31.5 Å². The van der Waals surface area contributed by atoms with Crippen LogP contribution >= 0.6 is 0 Å². The van der Waals surface area contributed by atoms with E-state index in [1.807, 2.05) is 0 Å². The van der Waals surface area contributed by atoms with Gasteiger partial charge in [0.1, 0.15) is 11.2 Å². The van der Waals surface area contributed by atoms with E-state index in [0.717, 1.165) is 0 Å². The normalized spacial score (nSPS) is 30.3. The lowest BCUT2D eigenvalue weighted by Crippen LogP contribution is -2.66. The van der Waals surface area contributed by atoms with E-state index >= 15 is 0 Å². The van der Waals surface area contributed by atoms with E-state index in [1.54, 1.807) is 20.8 Å². The van der Waals surface area contributed by atoms with Crippen molar-refractivity contribution in [2.75, 3.05) is 13.2 Å². The highest BCUT2D eigenvalue weighted by atomic mass is 16.6. The lowest BCUT2D eigenvalue weighted by Gasteiger charge is -2.47. The molecule has 6 N–H and O–H groups in total. The van der Waals surface area contributed by atoms with Crippen LogP contribution in [0, 0.1) is 11.8 Å². The number of aliphatic hydroxyl groups excluding tert-OH is 3. The maximum atomic E-state index is 12.7. The number of carbonyl (C=O) groups excluding carboxylic acids is 1. The Labute approximate surface area is 172 Å². The van der Waals surface area contributed by atoms with Crippen molar-refractivity contribution >= 4 is 6.03 Å². The molecule has 9 heteroatoms. The number of aliphatic hydroxyl groups is 5. The number of urea groups is 1. The Hall–Kier alpha value is -0.970. The largest absolute Gasteiger partial charge is 0.391 e. The van der Waals surface area contributed by atoms with E-state index in [2.05, 4.69) is 5.32 Å². The molecule has 2 amide bonds. The molecule has 1 aliphatic carbocycles. The molecule has 29 heavy (non-hydrogen) atoms. The SMILES string of the molecule is CCC(O)(CC)C(O)N1CC2CCC(C(O)(CC)C(O)OCC(C)O)C2NC1=O. The number of hydrogen-bond acceptors (Lipinski definition) is 7. The van der Waals surface area contributed by atoms with Gasteiger partial charge in [0.2, 0.25) is 0 Å². The van der Waals surface area contributed by atoms with E-state index in [0.29, 0.717) is 25.7 Å². The van der Waals surface area contributed by atoms with Gasteiger partial charge in [0.05, 0.1) is 12.7 Å². The molecule has 7 atom stereocenters. The third kappa shape index (κ3) is 4.70. The molecule has 1 saturated heterocycles. The molecule has 0 aromatic rings. The highest BCUT2D eigenvalue weighted by Crippen LogP contribution is 2.44. The predicted molar refractivity (Wildman–Crippen MR) is 106 cm³/mol. The van der Waals surface area contributed by atoms with Crippen molar-refractivity contribution in [1.29, 1.82) is 0 Å². The zero-order chi connectivity index (χ0) is 22.0. The Bertz CT molecular complexity index is 557. The topological polar surface area (TPSA) is 143 Å². The first-order chi connectivity index (χ1) is 13.5. The van der Waals surface area contributed by atoms with Gasteiger partial charge in [-0.25, -0.2) is 4.79 Å². The standard InChI is InChI=1S/C20H38N2O7/c1-5-19(27,6-2)16(24)22-10-13-8-9-14(15(13)21-18(22)26)20(28,7-3)17(25)29-11-12(4)23/h12-17,23-25,27-28H,5-11H2,1-4H3,(H,21,26). The summed E-state index contributed by atoms with van der Waals surface area (Å²) in [5, 5.41) is 55.2. The average molecular weight is 419 g/mol. The molecule has 0 aromatic carbocycles. The van der Waals surface area contributed by atoms with E-state index in [1.165, 1.54) is 11.8 Å². The highest BCUT2D eigenvalue weighted by Gasteiger charge is 2.55. The number of carbonyl (C=O) groups is 1. The van der Waals surface area contributed by atoms with E-state index in [4.69, 9.17) is 4.74 Å². The minimum absolute atomic E-state index is 0.0349. The Morgan fingerprint density at radius 3 is 2.28 bits per heavy atom. The van der Waals surface area contributed by atoms with Crippen LogP contribution in [0.4, 0.5) is 4.79 Å². The Morgan fingerprint density at radius 2 is 1.76 bits per heavy atom. The fraction of sp³-hybridized carbons (Fsp3) is 0.950. The van der Waals surface area contributed by atoms with E-state index in [9.17, 15) is 30.3 Å². The van der Waals surface area contributed by atoms with Crippen molar-refractivity contribution in [3.05, 3.63) is 0 Å². The lowest BCUT2D eigenvalue weighted by atomic mass is 9.79. The monoisotopic (exact) mass is 418 g/mol. The molecule has 0 aromatic heterocycles. The summed E-state index contributed by atoms with van der Waals surface area (Å²) in [7, 11) is 0. The molecular weight excluding hydrogens is 380 g/mol. The van der Waals surface area contributed by atoms with Gasteiger partial charge in [-0.05, 0) is 44.9 Å². The van der Waals surface area contributed by atoms with Crippen LogP contribution < -0.4 is 5.32 Å². The van der Waals surface area contributed by atoms with Gasteiger partial charge in [0.15, 0.2) is 12.5 Å². The lowest BCUT2D eigenvalue weighted by molar-refractivity contribution is -0.242. The fourth-order valence-corrected chi connectivity index (χ4v) is 4.74. The molecule has 1 aliphatic heterocycles. The minimum atomic E-state index is -1.57. The smallest absolute Gasteiger partial charge is 0.319 e. The van der Waals surface area contributed by atoms with Crippen molar-refractivity contribution in [3.8, 4) is 0 Å². The van der Waals surface area contributed by atoms with Gasteiger partial charge in [0.25, 0.3) is 0 Å². The van der Waals surface area contributed by atoms with Crippen LogP contribution in [-0.2, 0) is 4.74 Å². The Kier molecular flexibility index (Phi) is 7.92. The van der Waals surface area contributed by atoms with Gasteiger partial charge in [-0.3, -0.25) is 4.90 Å². The molecule has 7 unspecified atom stereocenters. The average Bonchev–Trinajstić information content (AvgIpc) is 3.12. The zero-order valence-electron chi connectivity index (χ0n) is 17.9. The molecule has 2 aliphatic rings. The van der Waals surface area contributed by atoms with Gasteiger partial charge >= 0.3 is 6.03 Å². The van der Waals surface area contributed by atoms with Crippen LogP contribution in [0.5, 0.6) is 0 Å². The molecule has 0 spiro atoms. The molecule has 1 heterocycles. The van der Waals surface area contributed by atoms with Crippen LogP contribution in [0.15, 0.2) is 0 Å². The second kappa shape index (κ2) is 9.45. The van der Waals surface area contributed by atoms with Crippen molar-refractivity contribution < 1.29 is 35.1 Å². The van der Waals surface area contributed by atoms with Crippen LogP contribution in [0.1, 0.15) is 59.8 Å². The molecular formula is C20H38N2O7. The third-order valence-electron chi connectivity index (χ3n) is 6.90. The number of nitrogens with zero attached hydrogens (tertiary/aromatic N) is 1. The quantitative estimate of drug-likeness (QED) is 0.277. The molecule has 170 valence electrons. The first-order valence-electron chi connectivity index (χ1n) is 10.7. The second-order valence-electron chi connectivity index (χ2n) is 8.64. The van der Waals surface area contributed by atoms with Crippen LogP contribution in [0.3, 0.4) is 0 Å². The summed E-state index contributed by atoms with van der Waals surface area (Å²) in [5.41, 5.74) is -2.95. The summed E-state index contributed by atoms with van der Waals surface area (Å²) in [6.07, 6.45) is -1.47. The van der Waals surface area contributed by atoms with E-state index < -0.39 is 41.8 Å². The van der Waals surface area contributed by atoms with Crippen LogP contribution in [0.25, 0.3) is 0 Å². The second-order valence-corrected chi connectivity index (χ2v) is 8.64. The van der Waals surface area contributed by atoms with Gasteiger partial charge in [-0.1, -0.05) is 20.8 Å². The van der Waals surface area contributed by atoms with Gasteiger partial charge in [-0.2, -0.15) is 0 Å². The van der Waals surface area contributed by atoms with Crippen molar-refractivity contribution in [2.24, 2.45) is 11.8 Å². The molecule has 2 fully saturated rings. The Morgan fingerprint density at radius 1 is 1.14 bits per heavy atom. The zero-order valence-corrected chi connectivity index (χ0v) is 17.9. The highest BCUT2D eigenvalue weighted by molar-refractivity contribution is 5.76. The summed E-state index contributed by atoms with van der Waals surface area (Å²) in [5.74, 6) is -0.465. The van der Waals surface area contributed by atoms with Crippen molar-refractivity contribution in [2.45, 2.75) is 95.7 Å². The van der Waals surface area contributed by atoms with Crippen LogP contribution in [0.2, 0.25) is 0 Å². The number of nitrogens with one attached hydrogen (secondary N) is 1. The number of ether oxygens (including phenoxy) is 1. The van der Waals surface area contributed by atoms with Gasteiger partial charge in [0, 0.05) is 18.5 Å². The summed E-state index contributed by atoms with van der Waals surface area (Å²) in [6, 6.07) is -0.874. The number of rotatable bonds is 10. The third-order valence-corrected chi connectivity index (χ3v) is 6.90. The summed E-state index contributed by atoms with van der Waals surface area (Å²) >= 11 is 0. The number of hydrogen-bond donors (Lipinski definition) is 6. The predicted octanol–water partition coefficient (Wildman–Crippen LogP) is 0.133. The van der Waals surface area contributed by atoms with Crippen molar-refractivity contribution in [3.63, 3.8) is 0 Å². The molecule has 0 radical (unpaired) electrons.